The van der Waals surface area contributed by atoms with Crippen molar-refractivity contribution in [2.75, 3.05) is 6.54 Å². The second kappa shape index (κ2) is 6.01. The predicted octanol–water partition coefficient (Wildman–Crippen LogP) is 2.31. The van der Waals surface area contributed by atoms with E-state index in [1.165, 1.54) is 11.1 Å². The molecule has 18 heavy (non-hydrogen) atoms. The van der Waals surface area contributed by atoms with Crippen molar-refractivity contribution in [1.82, 2.24) is 10.6 Å². The molecule has 0 spiro atoms. The normalized spacial score (nSPS) is 20.7. The predicted molar refractivity (Wildman–Crippen MR) is 73.4 cm³/mol. The molecule has 1 aliphatic heterocycles. The minimum atomic E-state index is 0.00417. The van der Waals surface area contributed by atoms with Gasteiger partial charge >= 0.3 is 0 Å². The third kappa shape index (κ3) is 3.10. The fourth-order valence-corrected chi connectivity index (χ4v) is 2.40. The van der Waals surface area contributed by atoms with Crippen LogP contribution >= 0.6 is 0 Å². The van der Waals surface area contributed by atoms with Gasteiger partial charge in [-0.25, -0.2) is 0 Å². The van der Waals surface area contributed by atoms with E-state index >= 15 is 0 Å². The van der Waals surface area contributed by atoms with Crippen LogP contribution in [0.1, 0.15) is 43.4 Å². The standard InChI is InChI=1S/C15H22N2O/c1-3-13(12-8-6-11(2)7-9-12)17-15(18)14-5-4-10-16-14/h6-9,13-14,16H,3-5,10H2,1-2H3,(H,17,18)/t13?,14-/m1/s1. The number of carbonyl (C=O) groups is 1. The summed E-state index contributed by atoms with van der Waals surface area (Å²) in [5.74, 6) is 0.139. The maximum absolute atomic E-state index is 12.1. The monoisotopic (exact) mass is 246 g/mol. The molecule has 3 nitrogen and oxygen atoms in total. The molecule has 1 aromatic carbocycles. The Balaban J connectivity index is 2.00. The van der Waals surface area contributed by atoms with Gasteiger partial charge in [0.2, 0.25) is 5.91 Å². The fourth-order valence-electron chi connectivity index (χ4n) is 2.40. The Morgan fingerprint density at radius 1 is 1.44 bits per heavy atom. The maximum atomic E-state index is 12.1. The van der Waals surface area contributed by atoms with E-state index in [1.807, 2.05) is 0 Å². The topological polar surface area (TPSA) is 41.1 Å². The highest BCUT2D eigenvalue weighted by Crippen LogP contribution is 2.18. The van der Waals surface area contributed by atoms with Crippen molar-refractivity contribution in [2.45, 2.75) is 45.2 Å². The van der Waals surface area contributed by atoms with Crippen molar-refractivity contribution >= 4 is 5.91 Å². The Hall–Kier alpha value is -1.35. The molecule has 0 bridgehead atoms. The molecule has 1 amide bonds. The largest absolute Gasteiger partial charge is 0.348 e. The van der Waals surface area contributed by atoms with E-state index in [0.717, 1.165) is 25.8 Å². The average molecular weight is 246 g/mol. The molecule has 1 aromatic rings. The van der Waals surface area contributed by atoms with Crippen molar-refractivity contribution in [3.8, 4) is 0 Å². The van der Waals surface area contributed by atoms with E-state index in [-0.39, 0.29) is 18.0 Å². The van der Waals surface area contributed by atoms with Crippen LogP contribution in [0.25, 0.3) is 0 Å². The lowest BCUT2D eigenvalue weighted by Crippen LogP contribution is -2.41. The molecule has 0 aromatic heterocycles. The summed E-state index contributed by atoms with van der Waals surface area (Å²) in [5, 5.41) is 6.38. The van der Waals surface area contributed by atoms with Gasteiger partial charge in [0.1, 0.15) is 0 Å². The van der Waals surface area contributed by atoms with Crippen molar-refractivity contribution in [3.63, 3.8) is 0 Å². The molecule has 1 saturated heterocycles. The summed E-state index contributed by atoms with van der Waals surface area (Å²) in [5.41, 5.74) is 2.44. The number of nitrogens with one attached hydrogen (secondary N) is 2. The highest BCUT2D eigenvalue weighted by atomic mass is 16.2. The zero-order valence-corrected chi connectivity index (χ0v) is 11.2. The molecular weight excluding hydrogens is 224 g/mol. The number of carbonyl (C=O) groups excluding carboxylic acids is 1. The Bertz CT molecular complexity index is 393. The van der Waals surface area contributed by atoms with Crippen molar-refractivity contribution in [2.24, 2.45) is 0 Å². The third-order valence-corrected chi connectivity index (χ3v) is 3.58. The van der Waals surface area contributed by atoms with Gasteiger partial charge in [0.05, 0.1) is 12.1 Å². The highest BCUT2D eigenvalue weighted by molar-refractivity contribution is 5.82. The van der Waals surface area contributed by atoms with E-state index < -0.39 is 0 Å². The molecular formula is C15H22N2O. The molecule has 98 valence electrons. The van der Waals surface area contributed by atoms with E-state index in [1.54, 1.807) is 0 Å². The fraction of sp³-hybridized carbons (Fsp3) is 0.533. The number of benzene rings is 1. The first-order valence-electron chi connectivity index (χ1n) is 6.81. The van der Waals surface area contributed by atoms with Gasteiger partial charge in [0, 0.05) is 0 Å². The molecule has 2 atom stereocenters. The zero-order valence-electron chi connectivity index (χ0n) is 11.2. The quantitative estimate of drug-likeness (QED) is 0.856. The first-order valence-corrected chi connectivity index (χ1v) is 6.81. The number of rotatable bonds is 4. The number of hydrogen-bond donors (Lipinski definition) is 2. The molecule has 2 N–H and O–H groups in total. The Labute approximate surface area is 109 Å². The molecule has 0 saturated carbocycles. The highest BCUT2D eigenvalue weighted by Gasteiger charge is 2.24. The molecule has 1 unspecified atom stereocenters. The van der Waals surface area contributed by atoms with Crippen LogP contribution in [0.2, 0.25) is 0 Å². The van der Waals surface area contributed by atoms with Gasteiger partial charge < -0.3 is 10.6 Å². The Kier molecular flexibility index (Phi) is 4.37. The third-order valence-electron chi connectivity index (χ3n) is 3.58. The van der Waals surface area contributed by atoms with Gasteiger partial charge in [0.15, 0.2) is 0 Å². The zero-order chi connectivity index (χ0) is 13.0. The maximum Gasteiger partial charge on any atom is 0.237 e. The molecule has 0 radical (unpaired) electrons. The SMILES string of the molecule is CCC(NC(=O)[C@H]1CCCN1)c1ccc(C)cc1. The van der Waals surface area contributed by atoms with Gasteiger partial charge in [-0.1, -0.05) is 36.8 Å². The first-order chi connectivity index (χ1) is 8.70. The summed E-state index contributed by atoms with van der Waals surface area (Å²) >= 11 is 0. The van der Waals surface area contributed by atoms with Crippen molar-refractivity contribution < 1.29 is 4.79 Å². The summed E-state index contributed by atoms with van der Waals surface area (Å²) in [6.07, 6.45) is 2.97. The summed E-state index contributed by atoms with van der Waals surface area (Å²) in [4.78, 5) is 12.1. The molecule has 2 rings (SSSR count). The lowest BCUT2D eigenvalue weighted by atomic mass is 10.0. The van der Waals surface area contributed by atoms with Gasteiger partial charge in [-0.15, -0.1) is 0 Å². The van der Waals surface area contributed by atoms with Crippen molar-refractivity contribution in [3.05, 3.63) is 35.4 Å². The first kappa shape index (κ1) is 13.1. The number of aryl methyl sites for hydroxylation is 1. The van der Waals surface area contributed by atoms with Crippen LogP contribution in [0.15, 0.2) is 24.3 Å². The lowest BCUT2D eigenvalue weighted by Gasteiger charge is -2.20. The van der Waals surface area contributed by atoms with Gasteiger partial charge in [-0.3, -0.25) is 4.79 Å². The van der Waals surface area contributed by atoms with E-state index in [9.17, 15) is 4.79 Å². The second-order valence-electron chi connectivity index (χ2n) is 5.03. The molecule has 1 heterocycles. The van der Waals surface area contributed by atoms with Crippen LogP contribution < -0.4 is 10.6 Å². The molecule has 0 aliphatic carbocycles. The summed E-state index contributed by atoms with van der Waals surface area (Å²) in [6.45, 7) is 5.14. The average Bonchev–Trinajstić information content (AvgIpc) is 2.91. The summed E-state index contributed by atoms with van der Waals surface area (Å²) < 4.78 is 0. The molecule has 3 heteroatoms. The van der Waals surface area contributed by atoms with E-state index in [0.29, 0.717) is 0 Å². The van der Waals surface area contributed by atoms with Gasteiger partial charge in [-0.2, -0.15) is 0 Å². The summed E-state index contributed by atoms with van der Waals surface area (Å²) in [7, 11) is 0. The van der Waals surface area contributed by atoms with Crippen LogP contribution in [-0.2, 0) is 4.79 Å². The van der Waals surface area contributed by atoms with Gasteiger partial charge in [-0.05, 0) is 38.3 Å². The number of hydrogen-bond acceptors (Lipinski definition) is 2. The number of amides is 1. The van der Waals surface area contributed by atoms with Crippen LogP contribution in [0.5, 0.6) is 0 Å². The summed E-state index contributed by atoms with van der Waals surface area (Å²) in [6, 6.07) is 8.53. The lowest BCUT2D eigenvalue weighted by molar-refractivity contribution is -0.123. The van der Waals surface area contributed by atoms with Gasteiger partial charge in [0.25, 0.3) is 0 Å². The van der Waals surface area contributed by atoms with E-state index in [4.69, 9.17) is 0 Å². The van der Waals surface area contributed by atoms with Crippen LogP contribution in [0, 0.1) is 6.92 Å². The van der Waals surface area contributed by atoms with E-state index in [2.05, 4.69) is 48.7 Å². The van der Waals surface area contributed by atoms with Crippen LogP contribution in [0.3, 0.4) is 0 Å². The minimum Gasteiger partial charge on any atom is -0.348 e. The Morgan fingerprint density at radius 3 is 2.72 bits per heavy atom. The van der Waals surface area contributed by atoms with Crippen LogP contribution in [-0.4, -0.2) is 18.5 Å². The minimum absolute atomic E-state index is 0.00417. The van der Waals surface area contributed by atoms with Crippen molar-refractivity contribution in [1.29, 1.82) is 0 Å². The Morgan fingerprint density at radius 2 is 2.17 bits per heavy atom. The smallest absolute Gasteiger partial charge is 0.237 e. The molecule has 1 aliphatic rings. The van der Waals surface area contributed by atoms with Crippen LogP contribution in [0.4, 0.5) is 0 Å². The molecule has 1 fully saturated rings. The second-order valence-corrected chi connectivity index (χ2v) is 5.03.